The van der Waals surface area contributed by atoms with Gasteiger partial charge in [-0.2, -0.15) is 0 Å². The van der Waals surface area contributed by atoms with Gasteiger partial charge >= 0.3 is 0 Å². The smallest absolute Gasteiger partial charge is 0.258 e. The fourth-order valence-corrected chi connectivity index (χ4v) is 3.48. The van der Waals surface area contributed by atoms with Gasteiger partial charge in [0, 0.05) is 27.0 Å². The second-order valence-corrected chi connectivity index (χ2v) is 7.42. The number of aromatic nitrogens is 1. The zero-order valence-electron chi connectivity index (χ0n) is 12.2. The lowest BCUT2D eigenvalue weighted by Crippen LogP contribution is -2.12. The summed E-state index contributed by atoms with van der Waals surface area (Å²) < 4.78 is 13.8. The lowest BCUT2D eigenvalue weighted by molar-refractivity contribution is 0.102. The summed E-state index contributed by atoms with van der Waals surface area (Å²) in [6.07, 6.45) is 2.42. The molecular formula is C17H11BrClFN2OS. The van der Waals surface area contributed by atoms with Crippen LogP contribution in [0.1, 0.15) is 20.8 Å². The zero-order valence-corrected chi connectivity index (χ0v) is 15.4. The molecule has 1 heterocycles. The third kappa shape index (κ3) is 4.20. The Morgan fingerprint density at radius 1 is 1.25 bits per heavy atom. The average molecular weight is 426 g/mol. The summed E-state index contributed by atoms with van der Waals surface area (Å²) in [6.45, 7) is 0. The van der Waals surface area contributed by atoms with Crippen molar-refractivity contribution in [1.29, 1.82) is 0 Å². The molecule has 3 nitrogen and oxygen atoms in total. The molecule has 24 heavy (non-hydrogen) atoms. The van der Waals surface area contributed by atoms with Crippen LogP contribution in [0.15, 0.2) is 53.1 Å². The molecule has 2 aromatic carbocycles. The van der Waals surface area contributed by atoms with E-state index in [2.05, 4.69) is 26.2 Å². The number of carbonyl (C=O) groups is 1. The van der Waals surface area contributed by atoms with Crippen LogP contribution in [0.25, 0.3) is 0 Å². The van der Waals surface area contributed by atoms with Crippen molar-refractivity contribution in [2.75, 3.05) is 5.32 Å². The van der Waals surface area contributed by atoms with Gasteiger partial charge in [-0.25, -0.2) is 9.37 Å². The van der Waals surface area contributed by atoms with Crippen molar-refractivity contribution in [3.05, 3.63) is 80.0 Å². The molecule has 0 aliphatic heterocycles. The topological polar surface area (TPSA) is 42.0 Å². The standard InChI is InChI=1S/C17H11BrClFN2OS/c18-15-6-5-12(20)8-14(15)16(23)22-17-21-9-13(24-17)7-10-1-3-11(19)4-2-10/h1-6,8-9H,7H2,(H,21,22,23). The molecule has 1 amide bonds. The molecular weight excluding hydrogens is 415 g/mol. The Morgan fingerprint density at radius 3 is 2.75 bits per heavy atom. The van der Waals surface area contributed by atoms with Crippen LogP contribution in [-0.2, 0) is 6.42 Å². The van der Waals surface area contributed by atoms with E-state index in [0.717, 1.165) is 10.4 Å². The minimum absolute atomic E-state index is 0.226. The van der Waals surface area contributed by atoms with Crippen molar-refractivity contribution in [2.24, 2.45) is 0 Å². The van der Waals surface area contributed by atoms with Gasteiger partial charge in [-0.3, -0.25) is 10.1 Å². The average Bonchev–Trinajstić information content (AvgIpc) is 2.99. The highest BCUT2D eigenvalue weighted by atomic mass is 79.9. The van der Waals surface area contributed by atoms with E-state index in [9.17, 15) is 9.18 Å². The van der Waals surface area contributed by atoms with Crippen LogP contribution < -0.4 is 5.32 Å². The van der Waals surface area contributed by atoms with Gasteiger partial charge in [0.15, 0.2) is 5.13 Å². The van der Waals surface area contributed by atoms with E-state index < -0.39 is 11.7 Å². The van der Waals surface area contributed by atoms with Crippen LogP contribution in [-0.4, -0.2) is 10.9 Å². The number of carbonyl (C=O) groups excluding carboxylic acids is 1. The summed E-state index contributed by atoms with van der Waals surface area (Å²) >= 11 is 10.5. The molecule has 0 bridgehead atoms. The number of benzene rings is 2. The quantitative estimate of drug-likeness (QED) is 0.596. The van der Waals surface area contributed by atoms with Crippen molar-refractivity contribution in [3.8, 4) is 0 Å². The van der Waals surface area contributed by atoms with Gasteiger partial charge in [0.05, 0.1) is 5.56 Å². The van der Waals surface area contributed by atoms with Gasteiger partial charge in [0.25, 0.3) is 5.91 Å². The predicted molar refractivity (Wildman–Crippen MR) is 98.4 cm³/mol. The Kier molecular flexibility index (Phi) is 5.28. The second kappa shape index (κ2) is 7.42. The van der Waals surface area contributed by atoms with Gasteiger partial charge in [0.1, 0.15) is 5.82 Å². The Balaban J connectivity index is 1.70. The fourth-order valence-electron chi connectivity index (χ4n) is 2.09. The molecule has 1 N–H and O–H groups in total. The Morgan fingerprint density at radius 2 is 2.00 bits per heavy atom. The van der Waals surface area contributed by atoms with Crippen molar-refractivity contribution < 1.29 is 9.18 Å². The third-order valence-electron chi connectivity index (χ3n) is 3.24. The first-order valence-corrected chi connectivity index (χ1v) is 8.95. The molecule has 122 valence electrons. The highest BCUT2D eigenvalue weighted by Gasteiger charge is 2.13. The summed E-state index contributed by atoms with van der Waals surface area (Å²) in [5, 5.41) is 3.86. The molecule has 7 heteroatoms. The van der Waals surface area contributed by atoms with E-state index in [0.29, 0.717) is 21.0 Å². The van der Waals surface area contributed by atoms with Crippen LogP contribution in [0.3, 0.4) is 0 Å². The maximum absolute atomic E-state index is 13.3. The van der Waals surface area contributed by atoms with E-state index >= 15 is 0 Å². The SMILES string of the molecule is O=C(Nc1ncc(Cc2ccc(Cl)cc2)s1)c1cc(F)ccc1Br. The number of anilines is 1. The summed E-state index contributed by atoms with van der Waals surface area (Å²) in [5.74, 6) is -0.875. The van der Waals surface area contributed by atoms with E-state index in [1.54, 1.807) is 6.20 Å². The molecule has 0 saturated heterocycles. The first-order valence-electron chi connectivity index (χ1n) is 6.97. The molecule has 3 aromatic rings. The maximum atomic E-state index is 13.3. The highest BCUT2D eigenvalue weighted by Crippen LogP contribution is 2.24. The van der Waals surface area contributed by atoms with Gasteiger partial charge in [-0.05, 0) is 51.8 Å². The van der Waals surface area contributed by atoms with E-state index in [-0.39, 0.29) is 5.56 Å². The molecule has 0 aliphatic rings. The lowest BCUT2D eigenvalue weighted by Gasteiger charge is -2.04. The Labute approximate surface area is 155 Å². The molecule has 0 saturated carbocycles. The van der Waals surface area contributed by atoms with Crippen LogP contribution in [0.5, 0.6) is 0 Å². The number of rotatable bonds is 4. The monoisotopic (exact) mass is 424 g/mol. The van der Waals surface area contributed by atoms with Crippen LogP contribution in [0.4, 0.5) is 9.52 Å². The number of thiazole rings is 1. The van der Waals surface area contributed by atoms with Crippen LogP contribution in [0, 0.1) is 5.82 Å². The minimum Gasteiger partial charge on any atom is -0.298 e. The molecule has 0 unspecified atom stereocenters. The van der Waals surface area contributed by atoms with Crippen molar-refractivity contribution in [1.82, 2.24) is 4.98 Å². The molecule has 1 aromatic heterocycles. The first-order chi connectivity index (χ1) is 11.5. The summed E-state index contributed by atoms with van der Waals surface area (Å²) in [6, 6.07) is 11.5. The van der Waals surface area contributed by atoms with E-state index in [4.69, 9.17) is 11.6 Å². The molecule has 0 spiro atoms. The second-order valence-electron chi connectivity index (χ2n) is 5.01. The van der Waals surface area contributed by atoms with Crippen molar-refractivity contribution in [2.45, 2.75) is 6.42 Å². The largest absolute Gasteiger partial charge is 0.298 e. The van der Waals surface area contributed by atoms with E-state index in [1.807, 2.05) is 24.3 Å². The minimum atomic E-state index is -0.467. The maximum Gasteiger partial charge on any atom is 0.258 e. The summed E-state index contributed by atoms with van der Waals surface area (Å²) in [5.41, 5.74) is 1.33. The van der Waals surface area contributed by atoms with E-state index in [1.165, 1.54) is 29.5 Å². The number of halogens is 3. The summed E-state index contributed by atoms with van der Waals surface area (Å²) in [7, 11) is 0. The molecule has 0 radical (unpaired) electrons. The number of hydrogen-bond acceptors (Lipinski definition) is 3. The number of amides is 1. The Bertz CT molecular complexity index is 883. The Hall–Kier alpha value is -1.76. The van der Waals surface area contributed by atoms with Crippen LogP contribution in [0.2, 0.25) is 5.02 Å². The normalized spacial score (nSPS) is 10.6. The van der Waals surface area contributed by atoms with Crippen molar-refractivity contribution >= 4 is 49.9 Å². The first kappa shape index (κ1) is 17.1. The molecule has 3 rings (SSSR count). The van der Waals surface area contributed by atoms with Crippen molar-refractivity contribution in [3.63, 3.8) is 0 Å². The van der Waals surface area contributed by atoms with Gasteiger partial charge < -0.3 is 0 Å². The van der Waals surface area contributed by atoms with Gasteiger partial charge in [-0.15, -0.1) is 11.3 Å². The van der Waals surface area contributed by atoms with Gasteiger partial charge in [-0.1, -0.05) is 23.7 Å². The van der Waals surface area contributed by atoms with Gasteiger partial charge in [0.2, 0.25) is 0 Å². The third-order valence-corrected chi connectivity index (χ3v) is 5.09. The number of nitrogens with zero attached hydrogens (tertiary/aromatic N) is 1. The molecule has 0 fully saturated rings. The fraction of sp³-hybridized carbons (Fsp3) is 0.0588. The molecule has 0 atom stereocenters. The molecule has 0 aliphatic carbocycles. The summed E-state index contributed by atoms with van der Waals surface area (Å²) in [4.78, 5) is 17.4. The lowest BCUT2D eigenvalue weighted by atomic mass is 10.1. The van der Waals surface area contributed by atoms with Crippen LogP contribution >= 0.6 is 38.9 Å². The zero-order chi connectivity index (χ0) is 17.1. The number of nitrogens with one attached hydrogen (secondary N) is 1. The predicted octanol–water partition coefficient (Wildman–Crippen LogP) is 5.54. The number of hydrogen-bond donors (Lipinski definition) is 1. The highest BCUT2D eigenvalue weighted by molar-refractivity contribution is 9.10.